The minimum atomic E-state index is 0.449. The molecule has 0 saturated carbocycles. The zero-order valence-corrected chi connectivity index (χ0v) is 12.0. The van der Waals surface area contributed by atoms with Crippen LogP contribution >= 0.6 is 0 Å². The molecule has 1 N–H and O–H groups in total. The summed E-state index contributed by atoms with van der Waals surface area (Å²) >= 11 is 0. The Morgan fingerprint density at radius 1 is 1.26 bits per heavy atom. The minimum absolute atomic E-state index is 0.449. The highest BCUT2D eigenvalue weighted by atomic mass is 15.5. The summed E-state index contributed by atoms with van der Waals surface area (Å²) in [5.41, 5.74) is 3.25. The molecule has 2 aromatic rings. The average molecular weight is 259 g/mol. The zero-order chi connectivity index (χ0) is 13.8. The van der Waals surface area contributed by atoms with Crippen molar-refractivity contribution in [1.82, 2.24) is 20.2 Å². The normalized spacial score (nSPS) is 12.7. The van der Waals surface area contributed by atoms with Crippen molar-refractivity contribution in [3.05, 3.63) is 30.1 Å². The first kappa shape index (κ1) is 13.5. The molecule has 0 fully saturated rings. The summed E-state index contributed by atoms with van der Waals surface area (Å²) in [6.45, 7) is 8.73. The molecule has 1 atom stereocenters. The molecule has 0 aliphatic heterocycles. The fraction of sp³-hybridized carbons (Fsp3) is 0.500. The van der Waals surface area contributed by atoms with E-state index in [4.69, 9.17) is 0 Å². The van der Waals surface area contributed by atoms with Gasteiger partial charge >= 0.3 is 0 Å². The van der Waals surface area contributed by atoms with Gasteiger partial charge in [-0.15, -0.1) is 5.10 Å². The van der Waals surface area contributed by atoms with Crippen molar-refractivity contribution < 1.29 is 0 Å². The van der Waals surface area contributed by atoms with Crippen LogP contribution in [0.4, 0.5) is 5.69 Å². The lowest BCUT2D eigenvalue weighted by Crippen LogP contribution is -2.17. The van der Waals surface area contributed by atoms with E-state index in [0.29, 0.717) is 12.0 Å². The number of nitrogens with zero attached hydrogens (tertiary/aromatic N) is 4. The Kier molecular flexibility index (Phi) is 4.14. The standard InChI is InChI=1S/C14H21N5/c1-10(2)7-12(4)16-13-6-5-11(3)14(8-13)19-9-15-17-18-19/h5-6,8-10,12,16H,7H2,1-4H3. The second-order valence-electron chi connectivity index (χ2n) is 5.43. The third kappa shape index (κ3) is 3.53. The Labute approximate surface area is 114 Å². The second-order valence-corrected chi connectivity index (χ2v) is 5.43. The maximum Gasteiger partial charge on any atom is 0.143 e. The van der Waals surface area contributed by atoms with Crippen LogP contribution in [0.25, 0.3) is 5.69 Å². The molecule has 19 heavy (non-hydrogen) atoms. The smallest absolute Gasteiger partial charge is 0.143 e. The third-order valence-corrected chi connectivity index (χ3v) is 3.04. The molecule has 1 aromatic carbocycles. The number of nitrogens with one attached hydrogen (secondary N) is 1. The number of hydrogen-bond acceptors (Lipinski definition) is 4. The van der Waals surface area contributed by atoms with Crippen molar-refractivity contribution in [1.29, 1.82) is 0 Å². The van der Waals surface area contributed by atoms with Gasteiger partial charge in [-0.1, -0.05) is 19.9 Å². The molecule has 1 aromatic heterocycles. The number of rotatable bonds is 5. The largest absolute Gasteiger partial charge is 0.383 e. The zero-order valence-electron chi connectivity index (χ0n) is 12.0. The maximum absolute atomic E-state index is 3.94. The first-order valence-electron chi connectivity index (χ1n) is 6.67. The predicted molar refractivity (Wildman–Crippen MR) is 76.4 cm³/mol. The van der Waals surface area contributed by atoms with Gasteiger partial charge in [0.1, 0.15) is 6.33 Å². The number of aromatic nitrogens is 4. The highest BCUT2D eigenvalue weighted by molar-refractivity contribution is 5.54. The Hall–Kier alpha value is -1.91. The molecular formula is C14H21N5. The van der Waals surface area contributed by atoms with E-state index in [9.17, 15) is 0 Å². The monoisotopic (exact) mass is 259 g/mol. The van der Waals surface area contributed by atoms with E-state index in [1.807, 2.05) is 0 Å². The van der Waals surface area contributed by atoms with Crippen LogP contribution in [0.1, 0.15) is 32.8 Å². The molecule has 0 aliphatic rings. The van der Waals surface area contributed by atoms with E-state index in [2.05, 4.69) is 66.7 Å². The first-order chi connectivity index (χ1) is 9.06. The van der Waals surface area contributed by atoms with Gasteiger partial charge in [-0.2, -0.15) is 0 Å². The lowest BCUT2D eigenvalue weighted by molar-refractivity contribution is 0.540. The van der Waals surface area contributed by atoms with Crippen LogP contribution in [0.2, 0.25) is 0 Å². The van der Waals surface area contributed by atoms with Gasteiger partial charge in [0, 0.05) is 11.7 Å². The van der Waals surface area contributed by atoms with Gasteiger partial charge in [0.15, 0.2) is 0 Å². The molecule has 5 nitrogen and oxygen atoms in total. The number of anilines is 1. The summed E-state index contributed by atoms with van der Waals surface area (Å²) in [7, 11) is 0. The molecule has 5 heteroatoms. The number of aryl methyl sites for hydroxylation is 1. The fourth-order valence-corrected chi connectivity index (χ4v) is 2.27. The van der Waals surface area contributed by atoms with Crippen molar-refractivity contribution in [2.24, 2.45) is 5.92 Å². The maximum atomic E-state index is 3.94. The molecule has 102 valence electrons. The van der Waals surface area contributed by atoms with Gasteiger partial charge in [-0.05, 0) is 54.3 Å². The summed E-state index contributed by atoms with van der Waals surface area (Å²) < 4.78 is 1.69. The molecule has 0 amide bonds. The van der Waals surface area contributed by atoms with Crippen molar-refractivity contribution in [2.45, 2.75) is 40.2 Å². The fourth-order valence-electron chi connectivity index (χ4n) is 2.27. The van der Waals surface area contributed by atoms with E-state index in [1.54, 1.807) is 11.0 Å². The summed E-state index contributed by atoms with van der Waals surface area (Å²) in [5, 5.41) is 14.8. The van der Waals surface area contributed by atoms with Crippen LogP contribution in [-0.4, -0.2) is 26.2 Å². The van der Waals surface area contributed by atoms with Crippen LogP contribution in [0, 0.1) is 12.8 Å². The van der Waals surface area contributed by atoms with Crippen molar-refractivity contribution in [3.63, 3.8) is 0 Å². The van der Waals surface area contributed by atoms with Crippen LogP contribution in [0.5, 0.6) is 0 Å². The molecule has 2 rings (SSSR count). The van der Waals surface area contributed by atoms with E-state index in [0.717, 1.165) is 23.4 Å². The van der Waals surface area contributed by atoms with Crippen LogP contribution < -0.4 is 5.32 Å². The first-order valence-corrected chi connectivity index (χ1v) is 6.67. The van der Waals surface area contributed by atoms with Gasteiger partial charge in [-0.25, -0.2) is 4.68 Å². The van der Waals surface area contributed by atoms with Crippen LogP contribution in [-0.2, 0) is 0 Å². The summed E-state index contributed by atoms with van der Waals surface area (Å²) in [4.78, 5) is 0. The Bertz CT molecular complexity index is 519. The summed E-state index contributed by atoms with van der Waals surface area (Å²) in [6.07, 6.45) is 2.76. The van der Waals surface area contributed by atoms with Crippen molar-refractivity contribution >= 4 is 5.69 Å². The van der Waals surface area contributed by atoms with Crippen LogP contribution in [0.15, 0.2) is 24.5 Å². The predicted octanol–water partition coefficient (Wildman–Crippen LogP) is 2.82. The molecule has 0 radical (unpaired) electrons. The SMILES string of the molecule is Cc1ccc(NC(C)CC(C)C)cc1-n1cnnn1. The summed E-state index contributed by atoms with van der Waals surface area (Å²) in [5.74, 6) is 0.687. The molecule has 0 aliphatic carbocycles. The Morgan fingerprint density at radius 2 is 2.05 bits per heavy atom. The number of hydrogen-bond donors (Lipinski definition) is 1. The molecule has 0 spiro atoms. The van der Waals surface area contributed by atoms with E-state index >= 15 is 0 Å². The second kappa shape index (κ2) is 5.82. The van der Waals surface area contributed by atoms with Crippen LogP contribution in [0.3, 0.4) is 0 Å². The molecule has 0 saturated heterocycles. The van der Waals surface area contributed by atoms with Gasteiger partial charge in [0.05, 0.1) is 5.69 Å². The highest BCUT2D eigenvalue weighted by Crippen LogP contribution is 2.20. The molecular weight excluding hydrogens is 238 g/mol. The minimum Gasteiger partial charge on any atom is -0.383 e. The van der Waals surface area contributed by atoms with Gasteiger partial charge in [-0.3, -0.25) is 0 Å². The third-order valence-electron chi connectivity index (χ3n) is 3.04. The molecule has 1 heterocycles. The number of tetrazole rings is 1. The van der Waals surface area contributed by atoms with Crippen molar-refractivity contribution in [3.8, 4) is 5.69 Å². The quantitative estimate of drug-likeness (QED) is 0.897. The Balaban J connectivity index is 2.17. The number of benzene rings is 1. The Morgan fingerprint density at radius 3 is 2.68 bits per heavy atom. The molecule has 0 bridgehead atoms. The summed E-state index contributed by atoms with van der Waals surface area (Å²) in [6, 6.07) is 6.72. The molecule has 1 unspecified atom stereocenters. The van der Waals surface area contributed by atoms with Crippen molar-refractivity contribution in [2.75, 3.05) is 5.32 Å². The topological polar surface area (TPSA) is 55.6 Å². The lowest BCUT2D eigenvalue weighted by atomic mass is 10.0. The van der Waals surface area contributed by atoms with E-state index in [1.165, 1.54) is 0 Å². The van der Waals surface area contributed by atoms with E-state index in [-0.39, 0.29) is 0 Å². The van der Waals surface area contributed by atoms with Gasteiger partial charge in [0.25, 0.3) is 0 Å². The lowest BCUT2D eigenvalue weighted by Gasteiger charge is -2.18. The van der Waals surface area contributed by atoms with Gasteiger partial charge in [0.2, 0.25) is 0 Å². The van der Waals surface area contributed by atoms with E-state index < -0.39 is 0 Å². The van der Waals surface area contributed by atoms with Gasteiger partial charge < -0.3 is 5.32 Å². The average Bonchev–Trinajstić information content (AvgIpc) is 2.84. The highest BCUT2D eigenvalue weighted by Gasteiger charge is 2.08.